The van der Waals surface area contributed by atoms with E-state index in [9.17, 15) is 9.59 Å². The molecular formula is C33H31N3O4S2. The molecule has 1 saturated heterocycles. The third kappa shape index (κ3) is 7.97. The van der Waals surface area contributed by atoms with Gasteiger partial charge in [-0.3, -0.25) is 9.59 Å². The molecule has 1 fully saturated rings. The summed E-state index contributed by atoms with van der Waals surface area (Å²) in [5.41, 5.74) is 2.66. The summed E-state index contributed by atoms with van der Waals surface area (Å²) in [5, 5.41) is 6.41. The van der Waals surface area contributed by atoms with Gasteiger partial charge in [-0.1, -0.05) is 91.1 Å². The van der Waals surface area contributed by atoms with Crippen LogP contribution in [0.2, 0.25) is 0 Å². The Hall–Kier alpha value is -4.18. The summed E-state index contributed by atoms with van der Waals surface area (Å²) in [6.07, 6.45) is 1.54. The molecule has 9 heteroatoms. The number of hydrogen-bond donors (Lipinski definition) is 2. The summed E-state index contributed by atoms with van der Waals surface area (Å²) in [7, 11) is 0. The fourth-order valence-electron chi connectivity index (χ4n) is 4.54. The maximum atomic E-state index is 13.6. The molecule has 0 unspecified atom stereocenters. The molecule has 2 amide bonds. The second kappa shape index (κ2) is 14.6. The molecule has 0 radical (unpaired) electrons. The Balaban J connectivity index is 1.35. The van der Waals surface area contributed by atoms with Gasteiger partial charge in [0.25, 0.3) is 11.8 Å². The van der Waals surface area contributed by atoms with Crippen molar-refractivity contribution in [2.24, 2.45) is 0 Å². The first-order valence-corrected chi connectivity index (χ1v) is 14.9. The summed E-state index contributed by atoms with van der Waals surface area (Å²) >= 11 is 6.93. The summed E-state index contributed by atoms with van der Waals surface area (Å²) in [5.74, 6) is -0.474. The Kier molecular flexibility index (Phi) is 10.2. The van der Waals surface area contributed by atoms with E-state index in [4.69, 9.17) is 21.4 Å². The summed E-state index contributed by atoms with van der Waals surface area (Å²) in [6.45, 7) is 3.09. The fourth-order valence-corrected chi connectivity index (χ4v) is 5.72. The van der Waals surface area contributed by atoms with Crippen LogP contribution in [0.5, 0.6) is 0 Å². The Morgan fingerprint density at radius 3 is 2.07 bits per heavy atom. The van der Waals surface area contributed by atoms with E-state index in [1.54, 1.807) is 36.4 Å². The number of morpholine rings is 1. The Morgan fingerprint density at radius 1 is 0.857 bits per heavy atom. The van der Waals surface area contributed by atoms with Crippen molar-refractivity contribution in [3.63, 3.8) is 0 Å². The lowest BCUT2D eigenvalue weighted by atomic mass is 9.91. The minimum atomic E-state index is -0.425. The third-order valence-corrected chi connectivity index (χ3v) is 8.11. The van der Waals surface area contributed by atoms with Gasteiger partial charge in [-0.25, -0.2) is 0 Å². The molecule has 0 atom stereocenters. The molecule has 2 N–H and O–H groups in total. The molecule has 1 aliphatic heterocycles. The van der Waals surface area contributed by atoms with Crippen LogP contribution in [0, 0.1) is 0 Å². The first-order chi connectivity index (χ1) is 20.6. The smallest absolute Gasteiger partial charge is 0.267 e. The lowest BCUT2D eigenvalue weighted by molar-refractivity contribution is -0.117. The largest absolute Gasteiger partial charge is 0.450 e. The van der Waals surface area contributed by atoms with Gasteiger partial charge in [0.05, 0.1) is 13.2 Å². The molecule has 0 saturated carbocycles. The average Bonchev–Trinajstić information content (AvgIpc) is 3.49. The molecule has 0 spiro atoms. The number of carbonyl (C=O) groups excluding carboxylic acids is 2. The summed E-state index contributed by atoms with van der Waals surface area (Å²) in [4.78, 5) is 28.7. The van der Waals surface area contributed by atoms with E-state index >= 15 is 0 Å². The van der Waals surface area contributed by atoms with Crippen LogP contribution < -0.4 is 10.6 Å². The minimum Gasteiger partial charge on any atom is -0.450 e. The highest BCUT2D eigenvalue weighted by Gasteiger charge is 2.20. The van der Waals surface area contributed by atoms with E-state index in [0.29, 0.717) is 40.5 Å². The SMILES string of the molecule is O=C(NCC(c1ccccc1)c1ccccc1)/C(=C/c1ccc(SC(=S)N2CCOCC2)o1)NC(=O)c1ccccc1. The van der Waals surface area contributed by atoms with Crippen LogP contribution in [-0.2, 0) is 9.53 Å². The number of rotatable bonds is 9. The zero-order valence-electron chi connectivity index (χ0n) is 22.9. The van der Waals surface area contributed by atoms with Crippen LogP contribution in [0.15, 0.2) is 118 Å². The maximum Gasteiger partial charge on any atom is 0.267 e. The van der Waals surface area contributed by atoms with Crippen molar-refractivity contribution in [2.45, 2.75) is 11.0 Å². The second-order valence-corrected chi connectivity index (χ2v) is 11.2. The Labute approximate surface area is 254 Å². The number of ether oxygens (including phenoxy) is 1. The van der Waals surface area contributed by atoms with Gasteiger partial charge in [0.15, 0.2) is 5.09 Å². The van der Waals surface area contributed by atoms with Crippen LogP contribution in [0.4, 0.5) is 0 Å². The molecule has 1 aromatic heterocycles. The lowest BCUT2D eigenvalue weighted by Crippen LogP contribution is -2.38. The van der Waals surface area contributed by atoms with Crippen LogP contribution in [-0.4, -0.2) is 53.9 Å². The second-order valence-electron chi connectivity index (χ2n) is 9.59. The molecule has 42 heavy (non-hydrogen) atoms. The van der Waals surface area contributed by atoms with E-state index in [1.165, 1.54) is 17.8 Å². The van der Waals surface area contributed by atoms with E-state index in [2.05, 4.69) is 15.5 Å². The van der Waals surface area contributed by atoms with Gasteiger partial charge in [-0.05, 0) is 47.2 Å². The van der Waals surface area contributed by atoms with Crippen molar-refractivity contribution < 1.29 is 18.7 Å². The van der Waals surface area contributed by atoms with Crippen molar-refractivity contribution in [1.82, 2.24) is 15.5 Å². The number of hydrogen-bond acceptors (Lipinski definition) is 6. The van der Waals surface area contributed by atoms with Crippen molar-refractivity contribution >= 4 is 46.2 Å². The lowest BCUT2D eigenvalue weighted by Gasteiger charge is -2.28. The van der Waals surface area contributed by atoms with Crippen LogP contribution in [0.3, 0.4) is 0 Å². The number of carbonyl (C=O) groups is 2. The van der Waals surface area contributed by atoms with Gasteiger partial charge in [0, 0.05) is 37.2 Å². The first-order valence-electron chi connectivity index (χ1n) is 13.7. The normalized spacial score (nSPS) is 13.5. The fraction of sp³-hybridized carbons (Fsp3) is 0.182. The molecule has 5 rings (SSSR count). The monoisotopic (exact) mass is 597 g/mol. The molecule has 1 aliphatic rings. The molecule has 0 aliphatic carbocycles. The van der Waals surface area contributed by atoms with Crippen molar-refractivity contribution in [3.05, 3.63) is 131 Å². The zero-order valence-corrected chi connectivity index (χ0v) is 24.5. The standard InChI is InChI=1S/C33H31N3O4S2/c37-31(26-14-8-3-9-15-26)35-29(22-27-16-17-30(40-27)42-33(41)36-18-20-39-21-19-36)32(38)34-23-28(24-10-4-1-5-11-24)25-12-6-2-7-13-25/h1-17,22,28H,18-21,23H2,(H,34,38)(H,35,37)/b29-22-. The van der Waals surface area contributed by atoms with Crippen molar-refractivity contribution in [2.75, 3.05) is 32.8 Å². The van der Waals surface area contributed by atoms with E-state index in [-0.39, 0.29) is 11.6 Å². The molecule has 3 aromatic carbocycles. The minimum absolute atomic E-state index is 0.0739. The number of thioether (sulfide) groups is 1. The highest BCUT2D eigenvalue weighted by molar-refractivity contribution is 8.22. The van der Waals surface area contributed by atoms with Gasteiger partial charge in [-0.15, -0.1) is 0 Å². The molecule has 7 nitrogen and oxygen atoms in total. The van der Waals surface area contributed by atoms with Gasteiger partial charge < -0.3 is 24.7 Å². The third-order valence-electron chi connectivity index (χ3n) is 6.75. The van der Waals surface area contributed by atoms with Gasteiger partial charge in [-0.2, -0.15) is 0 Å². The van der Waals surface area contributed by atoms with Crippen LogP contribution in [0.1, 0.15) is 33.2 Å². The van der Waals surface area contributed by atoms with Gasteiger partial charge in [0.2, 0.25) is 0 Å². The number of thiocarbonyl (C=S) groups is 1. The maximum absolute atomic E-state index is 13.6. The molecule has 2 heterocycles. The van der Waals surface area contributed by atoms with Gasteiger partial charge >= 0.3 is 0 Å². The van der Waals surface area contributed by atoms with Crippen molar-refractivity contribution in [3.8, 4) is 0 Å². The summed E-state index contributed by atoms with van der Waals surface area (Å²) in [6, 6.07) is 32.4. The topological polar surface area (TPSA) is 83.8 Å². The van der Waals surface area contributed by atoms with E-state index in [0.717, 1.165) is 24.2 Å². The average molecular weight is 598 g/mol. The molecule has 0 bridgehead atoms. The number of nitrogens with one attached hydrogen (secondary N) is 2. The molecule has 4 aromatic rings. The predicted molar refractivity (Wildman–Crippen MR) is 169 cm³/mol. The quantitative estimate of drug-likeness (QED) is 0.145. The molecule has 214 valence electrons. The highest BCUT2D eigenvalue weighted by Crippen LogP contribution is 2.26. The Morgan fingerprint density at radius 2 is 1.45 bits per heavy atom. The Bertz CT molecular complexity index is 1480. The predicted octanol–water partition coefficient (Wildman–Crippen LogP) is 5.71. The number of amides is 2. The number of nitrogens with zero attached hydrogens (tertiary/aromatic N) is 1. The van der Waals surface area contributed by atoms with Crippen molar-refractivity contribution in [1.29, 1.82) is 0 Å². The molecular weight excluding hydrogens is 567 g/mol. The number of benzene rings is 3. The number of furan rings is 1. The first kappa shape index (κ1) is 29.3. The van der Waals surface area contributed by atoms with Crippen LogP contribution >= 0.6 is 24.0 Å². The van der Waals surface area contributed by atoms with E-state index < -0.39 is 11.8 Å². The highest BCUT2D eigenvalue weighted by atomic mass is 32.2. The van der Waals surface area contributed by atoms with E-state index in [1.807, 2.05) is 66.7 Å². The van der Waals surface area contributed by atoms with Gasteiger partial charge in [0.1, 0.15) is 15.8 Å². The van der Waals surface area contributed by atoms with Crippen LogP contribution in [0.25, 0.3) is 6.08 Å². The summed E-state index contributed by atoms with van der Waals surface area (Å²) < 4.78 is 12.1. The zero-order chi connectivity index (χ0) is 29.1.